The molecule has 0 atom stereocenters. The van der Waals surface area contributed by atoms with Gasteiger partial charge in [-0.05, 0) is 12.8 Å². The van der Waals surface area contributed by atoms with E-state index in [0.29, 0.717) is 5.56 Å². The molecule has 0 saturated carbocycles. The molecule has 1 heterocycles. The molecule has 2 rings (SSSR count). The molecule has 0 aromatic heterocycles. The third-order valence-electron chi connectivity index (χ3n) is 2.74. The number of hydrogen-bond acceptors (Lipinski definition) is 3. The van der Waals surface area contributed by atoms with Crippen LogP contribution in [0.15, 0.2) is 35.5 Å². The maximum absolute atomic E-state index is 12.0. The summed E-state index contributed by atoms with van der Waals surface area (Å²) < 4.78 is 0. The Morgan fingerprint density at radius 2 is 1.81 bits per heavy atom. The van der Waals surface area contributed by atoms with Crippen LogP contribution in [0.4, 0.5) is 0 Å². The normalized spacial score (nSPS) is 16.5. The zero-order valence-corrected chi connectivity index (χ0v) is 8.97. The van der Waals surface area contributed by atoms with E-state index in [1.54, 1.807) is 17.0 Å². The molecule has 1 N–H and O–H groups in total. The number of amides is 1. The lowest BCUT2D eigenvalue weighted by Gasteiger charge is -2.15. The molecule has 1 aromatic carbocycles. The quantitative estimate of drug-likeness (QED) is 0.464. The minimum atomic E-state index is -0.189. The van der Waals surface area contributed by atoms with Crippen LogP contribution in [0.3, 0.4) is 0 Å². The highest BCUT2D eigenvalue weighted by atomic mass is 16.4. The van der Waals surface area contributed by atoms with Crippen LogP contribution >= 0.6 is 0 Å². The maximum Gasteiger partial charge on any atom is 0.276 e. The molecule has 1 amide bonds. The summed E-state index contributed by atoms with van der Waals surface area (Å²) in [5, 5.41) is 12.1. The van der Waals surface area contributed by atoms with E-state index < -0.39 is 0 Å². The summed E-state index contributed by atoms with van der Waals surface area (Å²) in [6.45, 7) is 1.51. The molecule has 4 heteroatoms. The standard InChI is InChI=1S/C12H14N2O2/c15-12(14-8-4-5-9-14)11(13-16)10-6-2-1-3-7-10/h1-3,6-7,16H,4-5,8-9H2. The first-order valence-corrected chi connectivity index (χ1v) is 5.39. The number of carbonyl (C=O) groups excluding carboxylic acids is 1. The SMILES string of the molecule is O=C(C(=NO)c1ccccc1)N1CCCC1. The van der Waals surface area contributed by atoms with Crippen LogP contribution in [0.1, 0.15) is 18.4 Å². The van der Waals surface area contributed by atoms with Crippen molar-refractivity contribution in [3.8, 4) is 0 Å². The van der Waals surface area contributed by atoms with Gasteiger partial charge < -0.3 is 10.1 Å². The highest BCUT2D eigenvalue weighted by molar-refractivity contribution is 6.45. The molecule has 0 unspecified atom stereocenters. The number of likely N-dealkylation sites (tertiary alicyclic amines) is 1. The van der Waals surface area contributed by atoms with Gasteiger partial charge in [-0.1, -0.05) is 35.5 Å². The van der Waals surface area contributed by atoms with Crippen LogP contribution < -0.4 is 0 Å². The average molecular weight is 218 g/mol. The molecule has 1 saturated heterocycles. The molecule has 16 heavy (non-hydrogen) atoms. The highest BCUT2D eigenvalue weighted by Crippen LogP contribution is 2.11. The van der Waals surface area contributed by atoms with Gasteiger partial charge >= 0.3 is 0 Å². The fraction of sp³-hybridized carbons (Fsp3) is 0.333. The van der Waals surface area contributed by atoms with Crippen LogP contribution in [0.25, 0.3) is 0 Å². The zero-order chi connectivity index (χ0) is 11.4. The van der Waals surface area contributed by atoms with Gasteiger partial charge in [0.1, 0.15) is 0 Å². The van der Waals surface area contributed by atoms with Crippen LogP contribution in [-0.4, -0.2) is 34.8 Å². The molecule has 1 aliphatic rings. The molecule has 0 aliphatic carbocycles. The summed E-state index contributed by atoms with van der Waals surface area (Å²) in [7, 11) is 0. The molecule has 0 bridgehead atoms. The second-order valence-corrected chi connectivity index (χ2v) is 3.81. The fourth-order valence-electron chi connectivity index (χ4n) is 1.89. The molecule has 0 spiro atoms. The number of benzene rings is 1. The van der Waals surface area contributed by atoms with E-state index >= 15 is 0 Å². The van der Waals surface area contributed by atoms with E-state index in [1.807, 2.05) is 18.2 Å². The molecule has 0 radical (unpaired) electrons. The van der Waals surface area contributed by atoms with Crippen molar-refractivity contribution in [2.75, 3.05) is 13.1 Å². The minimum Gasteiger partial charge on any atom is -0.410 e. The Morgan fingerprint density at radius 3 is 2.38 bits per heavy atom. The van der Waals surface area contributed by atoms with Gasteiger partial charge in [0, 0.05) is 18.7 Å². The molecule has 1 aromatic rings. The second-order valence-electron chi connectivity index (χ2n) is 3.81. The first-order chi connectivity index (χ1) is 7.83. The van der Waals surface area contributed by atoms with E-state index in [2.05, 4.69) is 5.16 Å². The lowest BCUT2D eigenvalue weighted by Crippen LogP contribution is -2.34. The molecule has 4 nitrogen and oxygen atoms in total. The lowest BCUT2D eigenvalue weighted by atomic mass is 10.1. The van der Waals surface area contributed by atoms with Gasteiger partial charge in [0.15, 0.2) is 5.71 Å². The molecular weight excluding hydrogens is 204 g/mol. The Labute approximate surface area is 94.2 Å². The van der Waals surface area contributed by atoms with Crippen LogP contribution in [0.2, 0.25) is 0 Å². The average Bonchev–Trinajstić information content (AvgIpc) is 2.85. The monoisotopic (exact) mass is 218 g/mol. The second kappa shape index (κ2) is 4.79. The summed E-state index contributed by atoms with van der Waals surface area (Å²) in [6, 6.07) is 9.03. The first-order valence-electron chi connectivity index (χ1n) is 5.39. The molecule has 1 fully saturated rings. The summed E-state index contributed by atoms with van der Waals surface area (Å²) in [6.07, 6.45) is 2.05. The number of rotatable bonds is 2. The third kappa shape index (κ3) is 2.05. The Balaban J connectivity index is 2.20. The number of oxime groups is 1. The van der Waals surface area contributed by atoms with E-state index in [-0.39, 0.29) is 11.6 Å². The van der Waals surface area contributed by atoms with Gasteiger partial charge in [-0.3, -0.25) is 4.79 Å². The lowest BCUT2D eigenvalue weighted by molar-refractivity contribution is -0.123. The van der Waals surface area contributed by atoms with Crippen molar-refractivity contribution in [1.82, 2.24) is 4.90 Å². The van der Waals surface area contributed by atoms with Crippen molar-refractivity contribution in [3.05, 3.63) is 35.9 Å². The Hall–Kier alpha value is -1.84. The summed E-state index contributed by atoms with van der Waals surface area (Å²) in [5.74, 6) is -0.189. The number of nitrogens with zero attached hydrogens (tertiary/aromatic N) is 2. The van der Waals surface area contributed by atoms with Gasteiger partial charge in [0.05, 0.1) is 0 Å². The zero-order valence-electron chi connectivity index (χ0n) is 8.97. The van der Waals surface area contributed by atoms with Crippen molar-refractivity contribution in [2.45, 2.75) is 12.8 Å². The Morgan fingerprint density at radius 1 is 1.19 bits per heavy atom. The first kappa shape index (κ1) is 10.7. The summed E-state index contributed by atoms with van der Waals surface area (Å²) in [4.78, 5) is 13.7. The van der Waals surface area contributed by atoms with E-state index in [4.69, 9.17) is 5.21 Å². The van der Waals surface area contributed by atoms with Crippen LogP contribution in [0.5, 0.6) is 0 Å². The Kier molecular flexibility index (Phi) is 3.19. The van der Waals surface area contributed by atoms with Crippen molar-refractivity contribution in [2.24, 2.45) is 5.16 Å². The topological polar surface area (TPSA) is 52.9 Å². The molecule has 1 aliphatic heterocycles. The third-order valence-corrected chi connectivity index (χ3v) is 2.74. The molecular formula is C12H14N2O2. The van der Waals surface area contributed by atoms with E-state index in [9.17, 15) is 4.79 Å². The van der Waals surface area contributed by atoms with Gasteiger partial charge in [-0.2, -0.15) is 0 Å². The number of carbonyl (C=O) groups is 1. The van der Waals surface area contributed by atoms with Crippen molar-refractivity contribution < 1.29 is 10.0 Å². The van der Waals surface area contributed by atoms with Crippen LogP contribution in [0, 0.1) is 0 Å². The van der Waals surface area contributed by atoms with Crippen molar-refractivity contribution in [3.63, 3.8) is 0 Å². The van der Waals surface area contributed by atoms with Crippen molar-refractivity contribution in [1.29, 1.82) is 0 Å². The Bertz CT molecular complexity index is 395. The largest absolute Gasteiger partial charge is 0.410 e. The summed E-state index contributed by atoms with van der Waals surface area (Å²) in [5.41, 5.74) is 0.782. The van der Waals surface area contributed by atoms with Gasteiger partial charge in [-0.15, -0.1) is 0 Å². The van der Waals surface area contributed by atoms with E-state index in [1.165, 1.54) is 0 Å². The van der Waals surface area contributed by atoms with E-state index in [0.717, 1.165) is 25.9 Å². The highest BCUT2D eigenvalue weighted by Gasteiger charge is 2.24. The predicted octanol–water partition coefficient (Wildman–Crippen LogP) is 1.49. The van der Waals surface area contributed by atoms with Gasteiger partial charge in [0.25, 0.3) is 5.91 Å². The minimum absolute atomic E-state index is 0.127. The maximum atomic E-state index is 12.0. The van der Waals surface area contributed by atoms with Gasteiger partial charge in [0.2, 0.25) is 0 Å². The summed E-state index contributed by atoms with van der Waals surface area (Å²) >= 11 is 0. The fourth-order valence-corrected chi connectivity index (χ4v) is 1.89. The number of hydrogen-bond donors (Lipinski definition) is 1. The predicted molar refractivity (Wildman–Crippen MR) is 60.6 cm³/mol. The van der Waals surface area contributed by atoms with Crippen LogP contribution in [-0.2, 0) is 4.79 Å². The molecule has 84 valence electrons. The smallest absolute Gasteiger partial charge is 0.276 e. The van der Waals surface area contributed by atoms with Gasteiger partial charge in [-0.25, -0.2) is 0 Å². The van der Waals surface area contributed by atoms with Crippen molar-refractivity contribution >= 4 is 11.6 Å².